The predicted octanol–water partition coefficient (Wildman–Crippen LogP) is 2.84. The average molecular weight is 252 g/mol. The molecule has 0 saturated heterocycles. The first kappa shape index (κ1) is 11.9. The van der Waals surface area contributed by atoms with E-state index in [1.54, 1.807) is 12.1 Å². The zero-order valence-electron chi connectivity index (χ0n) is 8.53. The van der Waals surface area contributed by atoms with Crippen molar-refractivity contribution >= 4 is 16.7 Å². The summed E-state index contributed by atoms with van der Waals surface area (Å²) in [5.74, 6) is -0.874. The maximum Gasteiger partial charge on any atom is 0.336 e. The van der Waals surface area contributed by atoms with E-state index in [-0.39, 0.29) is 19.5 Å². The maximum atomic E-state index is 10.9. The molecule has 1 N–H and O–H groups in total. The first-order chi connectivity index (χ1) is 6.70. The third-order valence-corrected chi connectivity index (χ3v) is 2.37. The Labute approximate surface area is 101 Å². The minimum atomic E-state index is -0.874. The van der Waals surface area contributed by atoms with E-state index < -0.39 is 5.97 Å². The Bertz CT molecular complexity index is 506. The molecule has 0 aliphatic rings. The van der Waals surface area contributed by atoms with Crippen molar-refractivity contribution in [1.29, 1.82) is 0 Å². The molecule has 0 heterocycles. The largest absolute Gasteiger partial charge is 0.478 e. The van der Waals surface area contributed by atoms with E-state index in [2.05, 4.69) is 0 Å². The molecule has 0 aliphatic carbocycles. The van der Waals surface area contributed by atoms with Crippen LogP contribution in [0.25, 0.3) is 10.8 Å². The number of rotatable bonds is 1. The minimum absolute atomic E-state index is 0. The van der Waals surface area contributed by atoms with Crippen LogP contribution < -0.4 is 0 Å². The topological polar surface area (TPSA) is 37.3 Å². The van der Waals surface area contributed by atoms with Gasteiger partial charge in [0.05, 0.1) is 5.56 Å². The number of aryl methyl sites for hydroxylation is 1. The Morgan fingerprint density at radius 3 is 2.33 bits per heavy atom. The Morgan fingerprint density at radius 1 is 1.07 bits per heavy atom. The molecule has 2 nitrogen and oxygen atoms in total. The van der Waals surface area contributed by atoms with Gasteiger partial charge in [0.25, 0.3) is 0 Å². The van der Waals surface area contributed by atoms with Crippen molar-refractivity contribution in [3.8, 4) is 0 Å². The van der Waals surface area contributed by atoms with Gasteiger partial charge in [0, 0.05) is 19.5 Å². The Hall–Kier alpha value is -1.21. The summed E-state index contributed by atoms with van der Waals surface area (Å²) in [6, 6.07) is 11.0. The molecule has 0 bridgehead atoms. The standard InChI is InChI=1S/C12H10O2.Zn/c1-8-4-2-6-10-9(8)5-3-7-11(10)12(13)14;/h2-7H,1H3,(H,13,14);. The number of hydrogen-bond acceptors (Lipinski definition) is 1. The molecule has 0 fully saturated rings. The molecule has 15 heavy (non-hydrogen) atoms. The van der Waals surface area contributed by atoms with Crippen LogP contribution in [0.15, 0.2) is 36.4 Å². The number of fused-ring (bicyclic) bond motifs is 1. The maximum absolute atomic E-state index is 10.9. The third kappa shape index (κ3) is 2.08. The van der Waals surface area contributed by atoms with Crippen LogP contribution in [0.2, 0.25) is 0 Å². The van der Waals surface area contributed by atoms with Crippen LogP contribution in [0, 0.1) is 6.92 Å². The van der Waals surface area contributed by atoms with Crippen molar-refractivity contribution in [3.63, 3.8) is 0 Å². The smallest absolute Gasteiger partial charge is 0.336 e. The van der Waals surface area contributed by atoms with Crippen LogP contribution in [0.4, 0.5) is 0 Å². The zero-order chi connectivity index (χ0) is 10.1. The van der Waals surface area contributed by atoms with Crippen LogP contribution in [-0.2, 0) is 19.5 Å². The van der Waals surface area contributed by atoms with E-state index in [0.717, 1.165) is 16.3 Å². The third-order valence-electron chi connectivity index (χ3n) is 2.37. The summed E-state index contributed by atoms with van der Waals surface area (Å²) >= 11 is 0. The number of carbonyl (C=O) groups is 1. The number of hydrogen-bond donors (Lipinski definition) is 1. The summed E-state index contributed by atoms with van der Waals surface area (Å²) in [5, 5.41) is 10.8. The monoisotopic (exact) mass is 250 g/mol. The molecule has 2 rings (SSSR count). The van der Waals surface area contributed by atoms with Crippen LogP contribution in [-0.4, -0.2) is 11.1 Å². The van der Waals surface area contributed by atoms with Crippen molar-refractivity contribution < 1.29 is 29.4 Å². The van der Waals surface area contributed by atoms with Gasteiger partial charge >= 0.3 is 5.97 Å². The van der Waals surface area contributed by atoms with Gasteiger partial charge in [-0.25, -0.2) is 4.79 Å². The van der Waals surface area contributed by atoms with Gasteiger partial charge in [0.1, 0.15) is 0 Å². The molecular weight excluding hydrogens is 242 g/mol. The van der Waals surface area contributed by atoms with E-state index in [9.17, 15) is 4.79 Å². The van der Waals surface area contributed by atoms with Crippen LogP contribution in [0.3, 0.4) is 0 Å². The van der Waals surface area contributed by atoms with Gasteiger partial charge in [-0.1, -0.05) is 30.3 Å². The van der Waals surface area contributed by atoms with Gasteiger partial charge < -0.3 is 5.11 Å². The molecule has 2 aromatic carbocycles. The quantitative estimate of drug-likeness (QED) is 0.792. The fourth-order valence-electron chi connectivity index (χ4n) is 1.65. The molecule has 0 saturated carbocycles. The molecule has 0 spiro atoms. The summed E-state index contributed by atoms with van der Waals surface area (Å²) in [5.41, 5.74) is 1.47. The van der Waals surface area contributed by atoms with E-state index in [4.69, 9.17) is 5.11 Å². The molecule has 0 atom stereocenters. The fourth-order valence-corrected chi connectivity index (χ4v) is 1.65. The Balaban J connectivity index is 0.00000112. The fraction of sp³-hybridized carbons (Fsp3) is 0.0833. The second-order valence-corrected chi connectivity index (χ2v) is 3.28. The molecule has 72 valence electrons. The first-order valence-electron chi connectivity index (χ1n) is 4.42. The van der Waals surface area contributed by atoms with Gasteiger partial charge in [-0.15, -0.1) is 0 Å². The van der Waals surface area contributed by atoms with Crippen LogP contribution >= 0.6 is 0 Å². The molecule has 0 unspecified atom stereocenters. The second-order valence-electron chi connectivity index (χ2n) is 3.28. The molecule has 0 amide bonds. The normalized spacial score (nSPS) is 9.67. The average Bonchev–Trinajstić information content (AvgIpc) is 2.17. The zero-order valence-corrected chi connectivity index (χ0v) is 11.5. The summed E-state index contributed by atoms with van der Waals surface area (Å²) in [6.45, 7) is 1.98. The van der Waals surface area contributed by atoms with Crippen molar-refractivity contribution in [3.05, 3.63) is 47.5 Å². The molecule has 2 aromatic rings. The van der Waals surface area contributed by atoms with E-state index in [0.29, 0.717) is 5.56 Å². The van der Waals surface area contributed by atoms with Gasteiger partial charge in [-0.3, -0.25) is 0 Å². The second kappa shape index (κ2) is 4.54. The number of carboxylic acid groups (broad SMARTS) is 1. The van der Waals surface area contributed by atoms with Crippen molar-refractivity contribution in [2.45, 2.75) is 6.92 Å². The van der Waals surface area contributed by atoms with Crippen molar-refractivity contribution in [1.82, 2.24) is 0 Å². The summed E-state index contributed by atoms with van der Waals surface area (Å²) < 4.78 is 0. The molecule has 3 heteroatoms. The van der Waals surface area contributed by atoms with Crippen LogP contribution in [0.1, 0.15) is 15.9 Å². The summed E-state index contributed by atoms with van der Waals surface area (Å²) in [6.07, 6.45) is 0. The minimum Gasteiger partial charge on any atom is -0.478 e. The van der Waals surface area contributed by atoms with E-state index in [1.165, 1.54) is 0 Å². The molecule has 0 aliphatic heterocycles. The summed E-state index contributed by atoms with van der Waals surface area (Å²) in [4.78, 5) is 10.9. The first-order valence-corrected chi connectivity index (χ1v) is 4.42. The van der Waals surface area contributed by atoms with Crippen molar-refractivity contribution in [2.24, 2.45) is 0 Å². The van der Waals surface area contributed by atoms with Crippen molar-refractivity contribution in [2.75, 3.05) is 0 Å². The SMILES string of the molecule is Cc1cccc2c(C(=O)O)cccc12.[Zn]. The molecule has 0 radical (unpaired) electrons. The Kier molecular flexibility index (Phi) is 3.59. The predicted molar refractivity (Wildman–Crippen MR) is 55.6 cm³/mol. The van der Waals surface area contributed by atoms with Crippen LogP contribution in [0.5, 0.6) is 0 Å². The number of carboxylic acids is 1. The molecule has 0 aromatic heterocycles. The number of benzene rings is 2. The van der Waals surface area contributed by atoms with Gasteiger partial charge in [0.2, 0.25) is 0 Å². The van der Waals surface area contributed by atoms with Gasteiger partial charge in [-0.2, -0.15) is 0 Å². The van der Waals surface area contributed by atoms with E-state index in [1.807, 2.05) is 31.2 Å². The number of aromatic carboxylic acids is 1. The Morgan fingerprint density at radius 2 is 1.67 bits per heavy atom. The molecular formula is C12H10O2Zn. The summed E-state index contributed by atoms with van der Waals surface area (Å²) in [7, 11) is 0. The van der Waals surface area contributed by atoms with E-state index >= 15 is 0 Å². The van der Waals surface area contributed by atoms with Gasteiger partial charge in [-0.05, 0) is 29.3 Å². The van der Waals surface area contributed by atoms with Gasteiger partial charge in [0.15, 0.2) is 0 Å².